The zero-order chi connectivity index (χ0) is 25.4. The van der Waals surface area contributed by atoms with Crippen LogP contribution in [0.1, 0.15) is 101 Å². The van der Waals surface area contributed by atoms with E-state index in [1.54, 1.807) is 12.1 Å². The second kappa shape index (κ2) is 12.9. The van der Waals surface area contributed by atoms with Crippen LogP contribution in [-0.2, 0) is 6.61 Å². The molecule has 0 aliphatic heterocycles. The molecule has 2 nitrogen and oxygen atoms in total. The molecule has 0 aromatic heterocycles. The Kier molecular flexibility index (Phi) is 9.61. The summed E-state index contributed by atoms with van der Waals surface area (Å²) in [7, 11) is 0. The third-order valence-electron chi connectivity index (χ3n) is 8.44. The van der Waals surface area contributed by atoms with Crippen molar-refractivity contribution in [3.05, 3.63) is 59.7 Å². The Morgan fingerprint density at radius 3 is 2.08 bits per heavy atom. The van der Waals surface area contributed by atoms with Gasteiger partial charge in [0.1, 0.15) is 18.1 Å². The predicted octanol–water partition coefficient (Wildman–Crippen LogP) is 9.82. The largest absolute Gasteiger partial charge is 0.573 e. The van der Waals surface area contributed by atoms with E-state index in [2.05, 4.69) is 29.9 Å². The zero-order valence-corrected chi connectivity index (χ0v) is 21.6. The van der Waals surface area contributed by atoms with Crippen LogP contribution in [0.5, 0.6) is 11.5 Å². The summed E-state index contributed by atoms with van der Waals surface area (Å²) >= 11 is 0. The molecule has 36 heavy (non-hydrogen) atoms. The molecular weight excluding hydrogens is 461 g/mol. The van der Waals surface area contributed by atoms with Crippen molar-refractivity contribution in [2.45, 2.75) is 103 Å². The van der Waals surface area contributed by atoms with Gasteiger partial charge >= 0.3 is 6.36 Å². The molecule has 0 unspecified atom stereocenters. The average molecular weight is 503 g/mol. The third kappa shape index (κ3) is 8.18. The highest BCUT2D eigenvalue weighted by Gasteiger charge is 2.32. The van der Waals surface area contributed by atoms with Crippen LogP contribution in [-0.4, -0.2) is 6.36 Å². The van der Waals surface area contributed by atoms with Gasteiger partial charge in [-0.15, -0.1) is 13.2 Å². The van der Waals surface area contributed by atoms with E-state index in [1.807, 2.05) is 6.07 Å². The van der Waals surface area contributed by atoms with E-state index in [0.29, 0.717) is 12.5 Å². The number of benzene rings is 2. The summed E-state index contributed by atoms with van der Waals surface area (Å²) in [4.78, 5) is 0. The maximum absolute atomic E-state index is 12.3. The molecule has 0 radical (unpaired) electrons. The molecule has 2 fully saturated rings. The third-order valence-corrected chi connectivity index (χ3v) is 8.44. The first-order valence-corrected chi connectivity index (χ1v) is 14.0. The van der Waals surface area contributed by atoms with Crippen molar-refractivity contribution in [2.24, 2.45) is 17.8 Å². The topological polar surface area (TPSA) is 18.5 Å². The van der Waals surface area contributed by atoms with Crippen LogP contribution in [0, 0.1) is 17.8 Å². The fourth-order valence-electron chi connectivity index (χ4n) is 6.37. The van der Waals surface area contributed by atoms with E-state index in [9.17, 15) is 13.2 Å². The average Bonchev–Trinajstić information content (AvgIpc) is 2.88. The maximum Gasteiger partial charge on any atom is 0.573 e. The first-order chi connectivity index (χ1) is 17.4. The van der Waals surface area contributed by atoms with E-state index in [0.717, 1.165) is 29.1 Å². The Balaban J connectivity index is 1.21. The quantitative estimate of drug-likeness (QED) is 0.301. The van der Waals surface area contributed by atoms with Crippen LogP contribution in [0.25, 0.3) is 0 Å². The van der Waals surface area contributed by atoms with Crippen molar-refractivity contribution in [2.75, 3.05) is 0 Å². The number of halogens is 3. The molecule has 2 aliphatic rings. The van der Waals surface area contributed by atoms with Gasteiger partial charge in [-0.25, -0.2) is 0 Å². The first-order valence-electron chi connectivity index (χ1n) is 14.0. The molecule has 4 rings (SSSR count). The van der Waals surface area contributed by atoms with Crippen molar-refractivity contribution in [3.63, 3.8) is 0 Å². The van der Waals surface area contributed by atoms with Crippen molar-refractivity contribution >= 4 is 0 Å². The Bertz CT molecular complexity index is 908. The number of unbranched alkanes of at least 4 members (excludes halogenated alkanes) is 2. The van der Waals surface area contributed by atoms with Gasteiger partial charge in [-0.1, -0.05) is 69.7 Å². The lowest BCUT2D eigenvalue weighted by atomic mass is 9.68. The van der Waals surface area contributed by atoms with Crippen molar-refractivity contribution < 1.29 is 22.6 Å². The van der Waals surface area contributed by atoms with Gasteiger partial charge in [0.25, 0.3) is 0 Å². The SMILES string of the molecule is CCCCCC1CCC(C2CCC(c3cccc(OCc4ccc(OC(F)(F)F)cc4)c3)CC2)CC1. The Labute approximate surface area is 214 Å². The highest BCUT2D eigenvalue weighted by molar-refractivity contribution is 5.32. The molecule has 0 N–H and O–H groups in total. The van der Waals surface area contributed by atoms with E-state index in [1.165, 1.54) is 94.7 Å². The standard InChI is InChI=1S/C31H41F3O2/c1-2-3-4-6-23-9-13-25(14-10-23)26-15-17-27(18-16-26)28-7-5-8-30(21-28)35-22-24-11-19-29(20-12-24)36-31(32,33)34/h5,7-8,11-12,19-21,23,25-27H,2-4,6,9-10,13-18,22H2,1H3. The van der Waals surface area contributed by atoms with Crippen LogP contribution in [0.3, 0.4) is 0 Å². The van der Waals surface area contributed by atoms with Crippen molar-refractivity contribution in [3.8, 4) is 11.5 Å². The van der Waals surface area contributed by atoms with Crippen molar-refractivity contribution in [1.29, 1.82) is 0 Å². The van der Waals surface area contributed by atoms with Crippen molar-refractivity contribution in [1.82, 2.24) is 0 Å². The van der Waals surface area contributed by atoms with Crippen LogP contribution in [0.4, 0.5) is 13.2 Å². The van der Waals surface area contributed by atoms with Gasteiger partial charge in [0, 0.05) is 0 Å². The maximum atomic E-state index is 12.3. The molecule has 2 aromatic rings. The summed E-state index contributed by atoms with van der Waals surface area (Å²) in [5, 5.41) is 0. The Hall–Kier alpha value is -2.17. The zero-order valence-electron chi connectivity index (χ0n) is 21.6. The molecule has 198 valence electrons. The molecule has 2 saturated carbocycles. The minimum atomic E-state index is -4.68. The van der Waals surface area contributed by atoms with Gasteiger partial charge in [0.2, 0.25) is 0 Å². The highest BCUT2D eigenvalue weighted by Crippen LogP contribution is 2.45. The van der Waals surface area contributed by atoms with E-state index in [4.69, 9.17) is 4.74 Å². The lowest BCUT2D eigenvalue weighted by Crippen LogP contribution is -2.25. The van der Waals surface area contributed by atoms with E-state index in [-0.39, 0.29) is 5.75 Å². The molecular formula is C31H41F3O2. The van der Waals surface area contributed by atoms with Crippen LogP contribution >= 0.6 is 0 Å². The summed E-state index contributed by atoms with van der Waals surface area (Å²) in [6.07, 6.45) is 11.9. The fourth-order valence-corrected chi connectivity index (χ4v) is 6.37. The molecule has 0 saturated heterocycles. The second-order valence-electron chi connectivity index (χ2n) is 10.9. The van der Waals surface area contributed by atoms with E-state index < -0.39 is 6.36 Å². The first kappa shape index (κ1) is 26.9. The van der Waals surface area contributed by atoms with Gasteiger partial charge in [-0.3, -0.25) is 0 Å². The molecule has 2 aliphatic carbocycles. The molecule has 0 heterocycles. The summed E-state index contributed by atoms with van der Waals surface area (Å²) in [6.45, 7) is 2.60. The number of alkyl halides is 3. The van der Waals surface area contributed by atoms with E-state index >= 15 is 0 Å². The Morgan fingerprint density at radius 1 is 0.778 bits per heavy atom. The molecule has 0 spiro atoms. The fraction of sp³-hybridized carbons (Fsp3) is 0.613. The predicted molar refractivity (Wildman–Crippen MR) is 138 cm³/mol. The van der Waals surface area contributed by atoms with Crippen LogP contribution < -0.4 is 9.47 Å². The monoisotopic (exact) mass is 502 g/mol. The summed E-state index contributed by atoms with van der Waals surface area (Å²) in [5.41, 5.74) is 2.15. The smallest absolute Gasteiger partial charge is 0.489 e. The molecule has 2 aromatic carbocycles. The number of hydrogen-bond acceptors (Lipinski definition) is 2. The van der Waals surface area contributed by atoms with Gasteiger partial charge in [-0.2, -0.15) is 0 Å². The van der Waals surface area contributed by atoms with Gasteiger partial charge in [0.15, 0.2) is 0 Å². The second-order valence-corrected chi connectivity index (χ2v) is 10.9. The Morgan fingerprint density at radius 2 is 1.44 bits per heavy atom. The minimum Gasteiger partial charge on any atom is -0.489 e. The normalized spacial score (nSPS) is 24.9. The summed E-state index contributed by atoms with van der Waals surface area (Å²) in [5.74, 6) is 4.01. The number of rotatable bonds is 10. The van der Waals surface area contributed by atoms with Crippen LogP contribution in [0.2, 0.25) is 0 Å². The molecule has 0 atom stereocenters. The molecule has 0 bridgehead atoms. The molecule has 0 amide bonds. The summed E-state index contributed by atoms with van der Waals surface area (Å²) < 4.78 is 46.9. The molecule has 5 heteroatoms. The summed E-state index contributed by atoms with van der Waals surface area (Å²) in [6, 6.07) is 14.2. The van der Waals surface area contributed by atoms with Gasteiger partial charge in [-0.05, 0) is 97.6 Å². The lowest BCUT2D eigenvalue weighted by molar-refractivity contribution is -0.274. The highest BCUT2D eigenvalue weighted by atomic mass is 19.4. The van der Waals surface area contributed by atoms with Gasteiger partial charge in [0.05, 0.1) is 0 Å². The van der Waals surface area contributed by atoms with Crippen LogP contribution in [0.15, 0.2) is 48.5 Å². The number of ether oxygens (including phenoxy) is 2. The lowest BCUT2D eigenvalue weighted by Gasteiger charge is -2.38. The number of hydrogen-bond donors (Lipinski definition) is 0. The minimum absolute atomic E-state index is 0.219. The van der Waals surface area contributed by atoms with Gasteiger partial charge < -0.3 is 9.47 Å².